The molecule has 0 amide bonds. The molecule has 0 aliphatic carbocycles. The van der Waals surface area contributed by atoms with Crippen molar-refractivity contribution >= 4 is 17.3 Å². The Bertz CT molecular complexity index is 520. The first-order valence-electron chi connectivity index (χ1n) is 5.53. The quantitative estimate of drug-likeness (QED) is 0.843. The van der Waals surface area contributed by atoms with E-state index in [1.54, 1.807) is 18.2 Å². The Hall–Kier alpha value is -1.61. The van der Waals surface area contributed by atoms with Crippen LogP contribution in [0.2, 0.25) is 5.02 Å². The first kappa shape index (κ1) is 12.8. The van der Waals surface area contributed by atoms with E-state index in [9.17, 15) is 8.78 Å². The van der Waals surface area contributed by atoms with Crippen molar-refractivity contribution in [1.29, 1.82) is 0 Å². The molecule has 2 aromatic carbocycles. The lowest BCUT2D eigenvalue weighted by Crippen LogP contribution is -2.06. The van der Waals surface area contributed by atoms with Crippen LogP contribution in [0.1, 0.15) is 18.5 Å². The van der Waals surface area contributed by atoms with Gasteiger partial charge in [0.1, 0.15) is 11.6 Å². The fourth-order valence-corrected chi connectivity index (χ4v) is 1.94. The lowest BCUT2D eigenvalue weighted by atomic mass is 10.1. The Balaban J connectivity index is 2.15. The minimum absolute atomic E-state index is 0.0662. The molecular weight excluding hydrogens is 256 g/mol. The lowest BCUT2D eigenvalue weighted by molar-refractivity contribution is 0.626. The Morgan fingerprint density at radius 2 is 1.67 bits per heavy atom. The highest BCUT2D eigenvalue weighted by atomic mass is 35.5. The summed E-state index contributed by atoms with van der Waals surface area (Å²) >= 11 is 5.77. The molecule has 94 valence electrons. The highest BCUT2D eigenvalue weighted by Gasteiger charge is 2.07. The molecule has 1 atom stereocenters. The molecule has 1 unspecified atom stereocenters. The maximum Gasteiger partial charge on any atom is 0.126 e. The highest BCUT2D eigenvalue weighted by molar-refractivity contribution is 6.30. The molecule has 0 heterocycles. The van der Waals surface area contributed by atoms with E-state index >= 15 is 0 Å². The Morgan fingerprint density at radius 1 is 1.00 bits per heavy atom. The van der Waals surface area contributed by atoms with Crippen molar-refractivity contribution in [3.8, 4) is 0 Å². The molecule has 2 aromatic rings. The minimum Gasteiger partial charge on any atom is -0.378 e. The molecule has 4 heteroatoms. The van der Waals surface area contributed by atoms with E-state index < -0.39 is 5.82 Å². The normalized spacial score (nSPS) is 12.2. The van der Waals surface area contributed by atoms with Gasteiger partial charge in [-0.1, -0.05) is 23.7 Å². The van der Waals surface area contributed by atoms with Crippen LogP contribution in [0.4, 0.5) is 14.5 Å². The molecule has 1 nitrogen and oxygen atoms in total. The van der Waals surface area contributed by atoms with Gasteiger partial charge in [-0.2, -0.15) is 0 Å². The topological polar surface area (TPSA) is 12.0 Å². The van der Waals surface area contributed by atoms with Crippen LogP contribution in [-0.4, -0.2) is 0 Å². The first-order chi connectivity index (χ1) is 8.54. The molecule has 0 spiro atoms. The molecular formula is C14H12ClF2N. The zero-order valence-corrected chi connectivity index (χ0v) is 10.5. The predicted molar refractivity (Wildman–Crippen MR) is 69.8 cm³/mol. The van der Waals surface area contributed by atoms with E-state index in [0.717, 1.165) is 5.56 Å². The van der Waals surface area contributed by atoms with Crippen LogP contribution in [-0.2, 0) is 0 Å². The number of rotatable bonds is 3. The summed E-state index contributed by atoms with van der Waals surface area (Å²) in [4.78, 5) is 0. The Morgan fingerprint density at radius 3 is 2.28 bits per heavy atom. The Labute approximate surface area is 109 Å². The second kappa shape index (κ2) is 5.36. The van der Waals surface area contributed by atoms with Gasteiger partial charge in [0, 0.05) is 16.8 Å². The van der Waals surface area contributed by atoms with Gasteiger partial charge in [0.25, 0.3) is 0 Å². The van der Waals surface area contributed by atoms with Gasteiger partial charge in [-0.05, 0) is 42.8 Å². The number of anilines is 1. The fraction of sp³-hybridized carbons (Fsp3) is 0.143. The fourth-order valence-electron chi connectivity index (χ4n) is 1.72. The van der Waals surface area contributed by atoms with Crippen LogP contribution in [0.3, 0.4) is 0 Å². The molecule has 18 heavy (non-hydrogen) atoms. The van der Waals surface area contributed by atoms with Crippen LogP contribution in [0.15, 0.2) is 42.5 Å². The van der Waals surface area contributed by atoms with Gasteiger partial charge in [0.05, 0.1) is 0 Å². The summed E-state index contributed by atoms with van der Waals surface area (Å²) in [7, 11) is 0. The average molecular weight is 268 g/mol. The summed E-state index contributed by atoms with van der Waals surface area (Å²) in [5.74, 6) is -0.670. The number of hydrogen-bond acceptors (Lipinski definition) is 1. The van der Waals surface area contributed by atoms with Gasteiger partial charge in [-0.25, -0.2) is 8.78 Å². The van der Waals surface area contributed by atoms with Crippen LogP contribution in [0.5, 0.6) is 0 Å². The van der Waals surface area contributed by atoms with Crippen molar-refractivity contribution in [1.82, 2.24) is 0 Å². The molecule has 0 saturated heterocycles. The number of benzene rings is 2. The van der Waals surface area contributed by atoms with E-state index in [-0.39, 0.29) is 11.9 Å². The third-order valence-corrected chi connectivity index (χ3v) is 2.83. The zero-order valence-electron chi connectivity index (χ0n) is 9.75. The van der Waals surface area contributed by atoms with Crippen molar-refractivity contribution in [2.24, 2.45) is 0 Å². The summed E-state index contributed by atoms with van der Waals surface area (Å²) in [6, 6.07) is 10.4. The van der Waals surface area contributed by atoms with Gasteiger partial charge >= 0.3 is 0 Å². The Kier molecular flexibility index (Phi) is 3.82. The van der Waals surface area contributed by atoms with Crippen molar-refractivity contribution in [3.63, 3.8) is 0 Å². The molecule has 0 aromatic heterocycles. The maximum absolute atomic E-state index is 13.2. The summed E-state index contributed by atoms with van der Waals surface area (Å²) in [5.41, 5.74) is 1.51. The molecule has 0 aliphatic heterocycles. The molecule has 1 N–H and O–H groups in total. The average Bonchev–Trinajstić information content (AvgIpc) is 2.28. The monoisotopic (exact) mass is 267 g/mol. The first-order valence-corrected chi connectivity index (χ1v) is 5.90. The third-order valence-electron chi connectivity index (χ3n) is 2.62. The summed E-state index contributed by atoms with van der Waals surface area (Å²) in [6.45, 7) is 1.91. The van der Waals surface area contributed by atoms with E-state index in [1.165, 1.54) is 24.3 Å². The molecule has 2 rings (SSSR count). The smallest absolute Gasteiger partial charge is 0.126 e. The molecule has 0 radical (unpaired) electrons. The van der Waals surface area contributed by atoms with E-state index in [1.807, 2.05) is 6.92 Å². The molecule has 0 aliphatic rings. The second-order valence-corrected chi connectivity index (χ2v) is 4.51. The van der Waals surface area contributed by atoms with Crippen LogP contribution in [0.25, 0.3) is 0 Å². The van der Waals surface area contributed by atoms with E-state index in [0.29, 0.717) is 10.7 Å². The van der Waals surface area contributed by atoms with E-state index in [4.69, 9.17) is 11.6 Å². The van der Waals surface area contributed by atoms with Crippen molar-refractivity contribution in [3.05, 3.63) is 64.7 Å². The van der Waals surface area contributed by atoms with Crippen molar-refractivity contribution < 1.29 is 8.78 Å². The molecule has 0 saturated carbocycles. The highest BCUT2D eigenvalue weighted by Crippen LogP contribution is 2.23. The van der Waals surface area contributed by atoms with Crippen LogP contribution in [0, 0.1) is 11.6 Å². The second-order valence-electron chi connectivity index (χ2n) is 4.08. The van der Waals surface area contributed by atoms with Gasteiger partial charge in [-0.3, -0.25) is 0 Å². The van der Waals surface area contributed by atoms with E-state index in [2.05, 4.69) is 5.32 Å². The zero-order chi connectivity index (χ0) is 13.1. The maximum atomic E-state index is 13.2. The summed E-state index contributed by atoms with van der Waals surface area (Å²) in [6.07, 6.45) is 0. The molecule has 0 bridgehead atoms. The number of hydrogen-bond donors (Lipinski definition) is 1. The third kappa shape index (κ3) is 3.20. The standard InChI is InChI=1S/C14H12ClF2N/c1-9(10-2-4-12(16)5-3-10)18-14-7-11(15)6-13(17)8-14/h2-9,18H,1H3. The molecule has 0 fully saturated rings. The van der Waals surface area contributed by atoms with Crippen LogP contribution < -0.4 is 5.32 Å². The van der Waals surface area contributed by atoms with Gasteiger partial charge in [-0.15, -0.1) is 0 Å². The summed E-state index contributed by atoms with van der Waals surface area (Å²) in [5, 5.41) is 3.45. The predicted octanol–water partition coefficient (Wildman–Crippen LogP) is 4.79. The van der Waals surface area contributed by atoms with Gasteiger partial charge < -0.3 is 5.32 Å². The van der Waals surface area contributed by atoms with Crippen molar-refractivity contribution in [2.75, 3.05) is 5.32 Å². The van der Waals surface area contributed by atoms with Gasteiger partial charge in [0.15, 0.2) is 0 Å². The lowest BCUT2D eigenvalue weighted by Gasteiger charge is -2.16. The number of halogens is 3. The summed E-state index contributed by atoms with van der Waals surface area (Å²) < 4.78 is 26.0. The largest absolute Gasteiger partial charge is 0.378 e. The van der Waals surface area contributed by atoms with Gasteiger partial charge in [0.2, 0.25) is 0 Å². The minimum atomic E-state index is -0.392. The number of nitrogens with one attached hydrogen (secondary N) is 1. The van der Waals surface area contributed by atoms with Crippen LogP contribution >= 0.6 is 11.6 Å². The van der Waals surface area contributed by atoms with Crippen molar-refractivity contribution in [2.45, 2.75) is 13.0 Å². The SMILES string of the molecule is CC(Nc1cc(F)cc(Cl)c1)c1ccc(F)cc1.